The van der Waals surface area contributed by atoms with Gasteiger partial charge in [0.25, 0.3) is 0 Å². The van der Waals surface area contributed by atoms with Gasteiger partial charge in [-0.05, 0) is 18.2 Å². The lowest BCUT2D eigenvalue weighted by Gasteiger charge is -1.92. The highest BCUT2D eigenvalue weighted by atomic mass is 35.5. The molecule has 0 bridgehead atoms. The average molecular weight is 159 g/mol. The van der Waals surface area contributed by atoms with Gasteiger partial charge in [0.05, 0.1) is 0 Å². The number of rotatable bonds is 2. The largest absolute Gasteiger partial charge is 0.447 e. The van der Waals surface area contributed by atoms with Crippen molar-refractivity contribution < 1.29 is 17.2 Å². The summed E-state index contributed by atoms with van der Waals surface area (Å²) in [5, 5.41) is -0.590. The van der Waals surface area contributed by atoms with E-state index in [0.29, 0.717) is 0 Å². The van der Waals surface area contributed by atoms with Gasteiger partial charge in [-0.2, -0.15) is 8.42 Å². The fourth-order valence-electron chi connectivity index (χ4n) is 0.114. The van der Waals surface area contributed by atoms with Gasteiger partial charge in [-0.1, -0.05) is 0 Å². The minimum Gasteiger partial charge on any atom is -0.350 e. The maximum absolute atomic E-state index is 9.63. The first kappa shape index (κ1) is 7.74. The Labute approximate surface area is 51.7 Å². The maximum atomic E-state index is 9.63. The zero-order valence-corrected chi connectivity index (χ0v) is 5.24. The van der Waals surface area contributed by atoms with Gasteiger partial charge in [0.1, 0.15) is 0 Å². The molecule has 0 saturated carbocycles. The SMILES string of the molecule is C=C(Cl)OS(=O)(=O)O. The summed E-state index contributed by atoms with van der Waals surface area (Å²) in [6.45, 7) is 2.84. The van der Waals surface area contributed by atoms with Gasteiger partial charge in [0.2, 0.25) is 5.22 Å². The number of hydrogen-bond donors (Lipinski definition) is 1. The standard InChI is InChI=1S/C2H3ClO4S/c1-2(3)7-8(4,5)6/h1H2,(H,4,5,6). The van der Waals surface area contributed by atoms with Crippen LogP contribution in [0.5, 0.6) is 0 Å². The lowest BCUT2D eigenvalue weighted by Crippen LogP contribution is -1.98. The quantitative estimate of drug-likeness (QED) is 0.470. The van der Waals surface area contributed by atoms with E-state index in [0.717, 1.165) is 0 Å². The topological polar surface area (TPSA) is 63.6 Å². The molecule has 0 aliphatic heterocycles. The highest BCUT2D eigenvalue weighted by molar-refractivity contribution is 7.81. The number of hydrogen-bond acceptors (Lipinski definition) is 3. The van der Waals surface area contributed by atoms with Crippen LogP contribution in [0.2, 0.25) is 0 Å². The Bertz CT molecular complexity index is 180. The Hall–Kier alpha value is -0.260. The molecule has 0 aliphatic carbocycles. The van der Waals surface area contributed by atoms with Crippen LogP contribution >= 0.6 is 11.6 Å². The Morgan fingerprint density at radius 1 is 1.75 bits per heavy atom. The molecule has 0 aromatic rings. The fourth-order valence-corrected chi connectivity index (χ4v) is 0.582. The minimum absolute atomic E-state index is 0.590. The smallest absolute Gasteiger partial charge is 0.350 e. The van der Waals surface area contributed by atoms with E-state index in [1.54, 1.807) is 0 Å². The van der Waals surface area contributed by atoms with E-state index >= 15 is 0 Å². The molecule has 1 N–H and O–H groups in total. The first-order valence-corrected chi connectivity index (χ1v) is 3.17. The van der Waals surface area contributed by atoms with E-state index in [1.807, 2.05) is 0 Å². The molecule has 0 fully saturated rings. The highest BCUT2D eigenvalue weighted by Gasteiger charge is 2.03. The summed E-state index contributed by atoms with van der Waals surface area (Å²) in [6.07, 6.45) is 0. The van der Waals surface area contributed by atoms with Crippen LogP contribution in [-0.4, -0.2) is 13.0 Å². The van der Waals surface area contributed by atoms with Crippen molar-refractivity contribution >= 4 is 22.0 Å². The van der Waals surface area contributed by atoms with Crippen LogP contribution in [-0.2, 0) is 14.6 Å². The van der Waals surface area contributed by atoms with Crippen molar-refractivity contribution in [2.75, 3.05) is 0 Å². The summed E-state index contributed by atoms with van der Waals surface area (Å²) < 4.78 is 30.6. The lowest BCUT2D eigenvalue weighted by atomic mass is 11.2. The summed E-state index contributed by atoms with van der Waals surface area (Å²) >= 11 is 4.81. The maximum Gasteiger partial charge on any atom is 0.447 e. The Morgan fingerprint density at radius 3 is 2.12 bits per heavy atom. The molecular formula is C2H3ClO4S. The molecule has 6 heteroatoms. The Balaban J connectivity index is 3.95. The van der Waals surface area contributed by atoms with Crippen molar-refractivity contribution in [3.8, 4) is 0 Å². The number of halogens is 1. The zero-order chi connectivity index (χ0) is 6.78. The third-order valence-corrected chi connectivity index (χ3v) is 0.776. The van der Waals surface area contributed by atoms with Gasteiger partial charge in [-0.25, -0.2) is 0 Å². The second kappa shape index (κ2) is 2.34. The first-order valence-electron chi connectivity index (χ1n) is 1.43. The average Bonchev–Trinajstić information content (AvgIpc) is 1.21. The molecule has 0 saturated heterocycles. The van der Waals surface area contributed by atoms with Gasteiger partial charge in [0, 0.05) is 0 Å². The van der Waals surface area contributed by atoms with E-state index in [2.05, 4.69) is 10.8 Å². The predicted molar refractivity (Wildman–Crippen MR) is 27.6 cm³/mol. The molecule has 48 valence electrons. The molecule has 0 unspecified atom stereocenters. The van der Waals surface area contributed by atoms with Crippen molar-refractivity contribution in [1.29, 1.82) is 0 Å². The van der Waals surface area contributed by atoms with Crippen LogP contribution in [0.25, 0.3) is 0 Å². The van der Waals surface area contributed by atoms with Gasteiger partial charge in [0.15, 0.2) is 0 Å². The monoisotopic (exact) mass is 158 g/mol. The van der Waals surface area contributed by atoms with E-state index in [9.17, 15) is 8.42 Å². The molecule has 0 heterocycles. The zero-order valence-electron chi connectivity index (χ0n) is 3.67. The van der Waals surface area contributed by atoms with Crippen LogP contribution < -0.4 is 0 Å². The van der Waals surface area contributed by atoms with Crippen LogP contribution in [0.4, 0.5) is 0 Å². The van der Waals surface area contributed by atoms with Gasteiger partial charge in [-0.3, -0.25) is 4.55 Å². The molecule has 0 radical (unpaired) electrons. The van der Waals surface area contributed by atoms with Gasteiger partial charge < -0.3 is 4.18 Å². The third kappa shape index (κ3) is 5.74. The summed E-state index contributed by atoms with van der Waals surface area (Å²) in [5.74, 6) is 0. The summed E-state index contributed by atoms with van der Waals surface area (Å²) in [5.41, 5.74) is 0. The summed E-state index contributed by atoms with van der Waals surface area (Å²) in [4.78, 5) is 0. The van der Waals surface area contributed by atoms with Crippen molar-refractivity contribution in [2.45, 2.75) is 0 Å². The Kier molecular flexibility index (Phi) is 2.26. The molecule has 0 aromatic carbocycles. The fraction of sp³-hybridized carbons (Fsp3) is 0. The molecule has 0 spiro atoms. The molecule has 0 amide bonds. The van der Waals surface area contributed by atoms with Crippen LogP contribution in [0.3, 0.4) is 0 Å². The van der Waals surface area contributed by atoms with Gasteiger partial charge >= 0.3 is 10.4 Å². The molecular weight excluding hydrogens is 156 g/mol. The van der Waals surface area contributed by atoms with Crippen molar-refractivity contribution in [3.63, 3.8) is 0 Å². The molecule has 8 heavy (non-hydrogen) atoms. The summed E-state index contributed by atoms with van der Waals surface area (Å²) in [6, 6.07) is 0. The van der Waals surface area contributed by atoms with Crippen LogP contribution in [0.1, 0.15) is 0 Å². The molecule has 0 aliphatic rings. The van der Waals surface area contributed by atoms with Crippen molar-refractivity contribution in [1.82, 2.24) is 0 Å². The predicted octanol–water partition coefficient (Wildman–Crippen LogP) is 0.516. The second-order valence-corrected chi connectivity index (χ2v) is 2.31. The normalized spacial score (nSPS) is 10.8. The minimum atomic E-state index is -4.45. The molecule has 0 atom stereocenters. The van der Waals surface area contributed by atoms with E-state index < -0.39 is 15.6 Å². The van der Waals surface area contributed by atoms with Crippen LogP contribution in [0.15, 0.2) is 11.8 Å². The molecule has 0 rings (SSSR count). The second-order valence-electron chi connectivity index (χ2n) is 0.866. The third-order valence-electron chi connectivity index (χ3n) is 0.196. The molecule has 0 aromatic heterocycles. The molecule has 4 nitrogen and oxygen atoms in total. The van der Waals surface area contributed by atoms with Gasteiger partial charge in [-0.15, -0.1) is 0 Å². The van der Waals surface area contributed by atoms with E-state index in [-0.39, 0.29) is 0 Å². The van der Waals surface area contributed by atoms with Crippen molar-refractivity contribution in [2.24, 2.45) is 0 Å². The summed E-state index contributed by atoms with van der Waals surface area (Å²) in [7, 11) is -4.45. The van der Waals surface area contributed by atoms with Crippen molar-refractivity contribution in [3.05, 3.63) is 11.8 Å². The lowest BCUT2D eigenvalue weighted by molar-refractivity contribution is 0.349. The highest BCUT2D eigenvalue weighted by Crippen LogP contribution is 2.01. The van der Waals surface area contributed by atoms with E-state index in [1.165, 1.54) is 0 Å². The van der Waals surface area contributed by atoms with E-state index in [4.69, 9.17) is 16.2 Å². The Morgan fingerprint density at radius 2 is 2.12 bits per heavy atom. The first-order chi connectivity index (χ1) is 3.42. The van der Waals surface area contributed by atoms with Crippen LogP contribution in [0, 0.1) is 0 Å².